The van der Waals surface area contributed by atoms with Crippen molar-refractivity contribution in [1.29, 1.82) is 0 Å². The fourth-order valence-electron chi connectivity index (χ4n) is 4.15. The van der Waals surface area contributed by atoms with Gasteiger partial charge in [0.15, 0.2) is 0 Å². The highest BCUT2D eigenvalue weighted by Gasteiger charge is 2.44. The van der Waals surface area contributed by atoms with E-state index in [1.165, 1.54) is 17.8 Å². The SMILES string of the molecule is CCC1(C(C)C)CN(c2ccccc2)c2cc(SC)c(O/C=C(\F)C(=O)O)cc2S(O)(O)C1. The lowest BCUT2D eigenvalue weighted by Gasteiger charge is -2.43. The average molecular weight is 496 g/mol. The van der Waals surface area contributed by atoms with Crippen molar-refractivity contribution in [1.82, 2.24) is 0 Å². The van der Waals surface area contributed by atoms with E-state index in [1.807, 2.05) is 36.6 Å². The van der Waals surface area contributed by atoms with Gasteiger partial charge in [0.05, 0.1) is 21.2 Å². The number of aliphatic carboxylic acids is 1. The zero-order chi connectivity index (χ0) is 24.4. The molecule has 3 rings (SSSR count). The van der Waals surface area contributed by atoms with Crippen LogP contribution in [0.4, 0.5) is 15.8 Å². The Morgan fingerprint density at radius 3 is 2.52 bits per heavy atom. The number of carboxylic acids is 1. The third-order valence-electron chi connectivity index (χ3n) is 6.34. The molecule has 0 saturated heterocycles. The topological polar surface area (TPSA) is 90.2 Å². The van der Waals surface area contributed by atoms with Crippen LogP contribution in [0.1, 0.15) is 27.2 Å². The molecule has 1 heterocycles. The molecule has 1 aliphatic heterocycles. The van der Waals surface area contributed by atoms with Gasteiger partial charge in [-0.15, -0.1) is 11.8 Å². The van der Waals surface area contributed by atoms with Crippen molar-refractivity contribution in [3.05, 3.63) is 54.6 Å². The maximum Gasteiger partial charge on any atom is 0.368 e. The maximum absolute atomic E-state index is 13.6. The fraction of sp³-hybridized carbons (Fsp3) is 0.375. The first-order chi connectivity index (χ1) is 15.5. The highest BCUT2D eigenvalue weighted by molar-refractivity contribution is 8.24. The van der Waals surface area contributed by atoms with Crippen molar-refractivity contribution in [2.45, 2.75) is 37.0 Å². The van der Waals surface area contributed by atoms with Crippen LogP contribution < -0.4 is 9.64 Å². The number of nitrogens with zero attached hydrogens (tertiary/aromatic N) is 1. The number of fused-ring (bicyclic) bond motifs is 1. The summed E-state index contributed by atoms with van der Waals surface area (Å²) in [6.07, 6.45) is 3.09. The molecule has 0 bridgehead atoms. The summed E-state index contributed by atoms with van der Waals surface area (Å²) >= 11 is 1.34. The summed E-state index contributed by atoms with van der Waals surface area (Å²) in [5.74, 6) is -2.65. The van der Waals surface area contributed by atoms with Crippen LogP contribution in [0.2, 0.25) is 0 Å². The molecule has 3 N–H and O–H groups in total. The summed E-state index contributed by atoms with van der Waals surface area (Å²) < 4.78 is 41.7. The van der Waals surface area contributed by atoms with Gasteiger partial charge in [0.25, 0.3) is 0 Å². The quantitative estimate of drug-likeness (QED) is 0.216. The standard InChI is InChI=1S/C24H30FNO5S2/c1-5-24(16(2)3)14-26(17-9-7-6-8-10-17)19-11-21(32-4)20(31-13-18(25)23(27)28)12-22(19)33(29,30)15-24/h6-13,16,29-30H,5,14-15H2,1-4H3,(H,27,28)/b18-13-. The molecule has 2 aromatic rings. The number of carboxylic acid groups (broad SMARTS) is 1. The van der Waals surface area contributed by atoms with E-state index in [-0.39, 0.29) is 22.8 Å². The number of carbonyl (C=O) groups is 1. The maximum atomic E-state index is 13.6. The zero-order valence-corrected chi connectivity index (χ0v) is 20.8. The van der Waals surface area contributed by atoms with E-state index in [9.17, 15) is 18.3 Å². The van der Waals surface area contributed by atoms with Gasteiger partial charge in [-0.2, -0.15) is 15.0 Å². The molecule has 0 amide bonds. The summed E-state index contributed by atoms with van der Waals surface area (Å²) in [7, 11) is -3.25. The van der Waals surface area contributed by atoms with Crippen LogP contribution in [0, 0.1) is 11.3 Å². The van der Waals surface area contributed by atoms with E-state index in [4.69, 9.17) is 9.84 Å². The summed E-state index contributed by atoms with van der Waals surface area (Å²) in [6.45, 7) is 6.85. The molecule has 0 aromatic heterocycles. The number of benzene rings is 2. The van der Waals surface area contributed by atoms with Gasteiger partial charge in [0, 0.05) is 23.7 Å². The Morgan fingerprint density at radius 2 is 1.97 bits per heavy atom. The van der Waals surface area contributed by atoms with Crippen molar-refractivity contribution in [2.75, 3.05) is 23.5 Å². The molecule has 0 saturated carbocycles. The monoisotopic (exact) mass is 495 g/mol. The fourth-order valence-corrected chi connectivity index (χ4v) is 7.08. The number of hydrogen-bond acceptors (Lipinski definition) is 6. The molecule has 9 heteroatoms. The Kier molecular flexibility index (Phi) is 7.68. The number of halogens is 1. The lowest BCUT2D eigenvalue weighted by Crippen LogP contribution is -2.41. The van der Waals surface area contributed by atoms with Gasteiger partial charge in [0.1, 0.15) is 12.0 Å². The van der Waals surface area contributed by atoms with Crippen molar-refractivity contribution in [3.63, 3.8) is 0 Å². The van der Waals surface area contributed by atoms with Gasteiger partial charge in [-0.1, -0.05) is 39.0 Å². The van der Waals surface area contributed by atoms with Gasteiger partial charge < -0.3 is 14.7 Å². The van der Waals surface area contributed by atoms with Crippen LogP contribution in [0.15, 0.2) is 64.3 Å². The molecule has 0 radical (unpaired) electrons. The number of rotatable bonds is 7. The summed E-state index contributed by atoms with van der Waals surface area (Å²) in [5, 5.41) is 8.79. The van der Waals surface area contributed by atoms with Crippen LogP contribution in [0.3, 0.4) is 0 Å². The van der Waals surface area contributed by atoms with E-state index in [0.29, 0.717) is 28.3 Å². The molecule has 0 fully saturated rings. The lowest BCUT2D eigenvalue weighted by atomic mass is 9.76. The van der Waals surface area contributed by atoms with Crippen LogP contribution in [0.5, 0.6) is 5.75 Å². The first kappa shape index (κ1) is 25.4. The molecular weight excluding hydrogens is 465 g/mol. The first-order valence-electron chi connectivity index (χ1n) is 10.6. The number of para-hydroxylation sites is 1. The van der Waals surface area contributed by atoms with Gasteiger partial charge in [-0.3, -0.25) is 9.11 Å². The van der Waals surface area contributed by atoms with E-state index in [2.05, 4.69) is 25.7 Å². The van der Waals surface area contributed by atoms with Crippen molar-refractivity contribution >= 4 is 39.7 Å². The van der Waals surface area contributed by atoms with E-state index in [1.54, 1.807) is 6.07 Å². The summed E-state index contributed by atoms with van der Waals surface area (Å²) in [5.41, 5.74) is 1.20. The summed E-state index contributed by atoms with van der Waals surface area (Å²) in [6, 6.07) is 13.1. The highest BCUT2D eigenvalue weighted by Crippen LogP contribution is 2.62. The van der Waals surface area contributed by atoms with Crippen molar-refractivity contribution in [3.8, 4) is 5.75 Å². The second kappa shape index (κ2) is 9.97. The van der Waals surface area contributed by atoms with Crippen LogP contribution in [0.25, 0.3) is 0 Å². The summed E-state index contributed by atoms with van der Waals surface area (Å²) in [4.78, 5) is 13.8. The molecule has 0 spiro atoms. The number of anilines is 2. The predicted molar refractivity (Wildman–Crippen MR) is 133 cm³/mol. The molecular formula is C24H30FNO5S2. The number of thioether (sulfide) groups is 1. The molecule has 0 aliphatic carbocycles. The largest absolute Gasteiger partial charge is 0.476 e. The van der Waals surface area contributed by atoms with Gasteiger partial charge in [0.2, 0.25) is 5.83 Å². The average Bonchev–Trinajstić information content (AvgIpc) is 2.89. The third-order valence-corrected chi connectivity index (χ3v) is 9.11. The van der Waals surface area contributed by atoms with E-state index in [0.717, 1.165) is 12.1 Å². The minimum absolute atomic E-state index is 0.166. The van der Waals surface area contributed by atoms with Gasteiger partial charge >= 0.3 is 5.97 Å². The predicted octanol–water partition coefficient (Wildman–Crippen LogP) is 7.00. The minimum atomic E-state index is -3.25. The minimum Gasteiger partial charge on any atom is -0.476 e. The second-order valence-electron chi connectivity index (χ2n) is 8.46. The highest BCUT2D eigenvalue weighted by atomic mass is 32.3. The Labute approximate surface area is 199 Å². The van der Waals surface area contributed by atoms with Crippen LogP contribution >= 0.6 is 22.4 Å². The molecule has 2 aromatic carbocycles. The molecule has 1 unspecified atom stereocenters. The number of ether oxygens (including phenoxy) is 1. The second-order valence-corrected chi connectivity index (χ2v) is 11.4. The van der Waals surface area contributed by atoms with Gasteiger partial charge in [-0.25, -0.2) is 4.79 Å². The van der Waals surface area contributed by atoms with E-state index < -0.39 is 22.4 Å². The Bertz CT molecular complexity index is 1040. The molecule has 180 valence electrons. The number of hydrogen-bond donors (Lipinski definition) is 3. The Hall–Kier alpha value is -2.20. The molecule has 1 aliphatic rings. The lowest BCUT2D eigenvalue weighted by molar-refractivity contribution is -0.134. The Morgan fingerprint density at radius 1 is 1.30 bits per heavy atom. The molecule has 1 atom stereocenters. The molecule has 33 heavy (non-hydrogen) atoms. The Balaban J connectivity index is 2.25. The van der Waals surface area contributed by atoms with Crippen LogP contribution in [-0.2, 0) is 4.79 Å². The first-order valence-corrected chi connectivity index (χ1v) is 13.5. The van der Waals surface area contributed by atoms with Crippen LogP contribution in [-0.4, -0.2) is 38.7 Å². The van der Waals surface area contributed by atoms with Crippen molar-refractivity contribution in [2.24, 2.45) is 11.3 Å². The van der Waals surface area contributed by atoms with E-state index >= 15 is 0 Å². The molecule has 6 nitrogen and oxygen atoms in total. The van der Waals surface area contributed by atoms with Crippen molar-refractivity contribution < 1.29 is 28.1 Å². The van der Waals surface area contributed by atoms with Gasteiger partial charge in [-0.05, 0) is 36.8 Å². The smallest absolute Gasteiger partial charge is 0.368 e. The zero-order valence-electron chi connectivity index (χ0n) is 19.1. The third kappa shape index (κ3) is 5.16. The normalized spacial score (nSPS) is 21.3.